The summed E-state index contributed by atoms with van der Waals surface area (Å²) in [6.45, 7) is -1.39. The van der Waals surface area contributed by atoms with Crippen LogP contribution in [-0.2, 0) is 17.5 Å². The molecule has 5 aromatic rings. The summed E-state index contributed by atoms with van der Waals surface area (Å²) in [5.74, 6) is -2.78. The second kappa shape index (κ2) is 10.7. The highest BCUT2D eigenvalue weighted by atomic mass is 79.9. The fraction of sp³-hybridized carbons (Fsp3) is 0.143. The Morgan fingerprint density at radius 2 is 1.53 bits per heavy atom. The lowest BCUT2D eigenvalue weighted by Crippen LogP contribution is -2.41. The van der Waals surface area contributed by atoms with E-state index in [0.717, 1.165) is 19.7 Å². The number of alkyl halides is 2. The number of benzene rings is 4. The fourth-order valence-electron chi connectivity index (χ4n) is 4.43. The van der Waals surface area contributed by atoms with E-state index in [4.69, 9.17) is 10.5 Å². The third kappa shape index (κ3) is 5.43. The summed E-state index contributed by atoms with van der Waals surface area (Å²) in [6, 6.07) is 24.2. The van der Waals surface area contributed by atoms with Crippen molar-refractivity contribution in [2.45, 2.75) is 17.4 Å². The molecule has 0 aliphatic carbocycles. The lowest BCUT2D eigenvalue weighted by molar-refractivity contribution is -0.00312. The first-order chi connectivity index (χ1) is 18.1. The van der Waals surface area contributed by atoms with Crippen LogP contribution >= 0.6 is 31.9 Å². The van der Waals surface area contributed by atoms with Gasteiger partial charge in [0, 0.05) is 42.5 Å². The lowest BCUT2D eigenvalue weighted by Gasteiger charge is -2.29. The third-order valence-electron chi connectivity index (χ3n) is 6.18. The minimum Gasteiger partial charge on any atom is -0.497 e. The number of nitrogens with two attached hydrogens (primary N) is 1. The summed E-state index contributed by atoms with van der Waals surface area (Å²) < 4.78 is 55.5. The molecule has 0 spiro atoms. The Hall–Kier alpha value is -2.95. The van der Waals surface area contributed by atoms with Crippen molar-refractivity contribution in [2.75, 3.05) is 23.7 Å². The average molecular weight is 663 g/mol. The Morgan fingerprint density at radius 3 is 2.11 bits per heavy atom. The molecule has 0 amide bonds. The second-order valence-corrected chi connectivity index (χ2v) is 12.1. The standard InChI is InChI=1S/C28H23Br2F2N3O2S/c1-37-22-4-2-3-21(15-22)35(38(36)23-9-7-20(33)8-10-23)17-28(31,32)16-34-26-11-5-18(29)13-24(26)25-14-19(30)6-12-27(25)34/h2-15H,16-17,33H2,1H3. The van der Waals surface area contributed by atoms with Crippen molar-refractivity contribution in [2.24, 2.45) is 0 Å². The number of ether oxygens (including phenoxy) is 1. The summed E-state index contributed by atoms with van der Waals surface area (Å²) in [5.41, 5.74) is 8.01. The predicted octanol–water partition coefficient (Wildman–Crippen LogP) is 7.78. The zero-order valence-electron chi connectivity index (χ0n) is 20.2. The van der Waals surface area contributed by atoms with Gasteiger partial charge in [-0.25, -0.2) is 13.0 Å². The van der Waals surface area contributed by atoms with E-state index >= 15 is 8.78 Å². The molecule has 0 aliphatic heterocycles. The first-order valence-corrected chi connectivity index (χ1v) is 14.3. The van der Waals surface area contributed by atoms with Gasteiger partial charge in [-0.1, -0.05) is 37.9 Å². The number of aromatic nitrogens is 1. The Labute approximate surface area is 238 Å². The van der Waals surface area contributed by atoms with Crippen LogP contribution < -0.4 is 14.8 Å². The highest BCUT2D eigenvalue weighted by Crippen LogP contribution is 2.36. The van der Waals surface area contributed by atoms with Crippen LogP contribution in [0.1, 0.15) is 0 Å². The highest BCUT2D eigenvalue weighted by Gasteiger charge is 2.36. The number of hydrogen-bond acceptors (Lipinski definition) is 3. The molecule has 0 aliphatic rings. The van der Waals surface area contributed by atoms with Crippen molar-refractivity contribution in [3.05, 3.63) is 93.9 Å². The molecule has 0 bridgehead atoms. The normalized spacial score (nSPS) is 12.7. The van der Waals surface area contributed by atoms with Gasteiger partial charge in [-0.2, -0.15) is 0 Å². The number of rotatable bonds is 8. The summed E-state index contributed by atoms with van der Waals surface area (Å²) in [4.78, 5) is 0.365. The third-order valence-corrected chi connectivity index (χ3v) is 8.58. The van der Waals surface area contributed by atoms with E-state index in [-0.39, 0.29) is 0 Å². The van der Waals surface area contributed by atoms with E-state index in [9.17, 15) is 4.21 Å². The van der Waals surface area contributed by atoms with Crippen LogP contribution in [0.2, 0.25) is 0 Å². The molecule has 5 nitrogen and oxygen atoms in total. The number of halogens is 4. The monoisotopic (exact) mass is 661 g/mol. The van der Waals surface area contributed by atoms with E-state index in [1.807, 2.05) is 36.4 Å². The summed E-state index contributed by atoms with van der Waals surface area (Å²) >= 11 is 6.99. The van der Waals surface area contributed by atoms with Gasteiger partial charge in [-0.15, -0.1) is 0 Å². The number of anilines is 2. The minimum atomic E-state index is -3.26. The van der Waals surface area contributed by atoms with E-state index in [1.165, 1.54) is 11.4 Å². The van der Waals surface area contributed by atoms with Crippen LogP contribution in [0.15, 0.2) is 98.8 Å². The maximum atomic E-state index is 16.0. The quantitative estimate of drug-likeness (QED) is 0.173. The zero-order chi connectivity index (χ0) is 27.0. The molecule has 0 saturated carbocycles. The predicted molar refractivity (Wildman–Crippen MR) is 157 cm³/mol. The minimum absolute atomic E-state index is 0.356. The van der Waals surface area contributed by atoms with Gasteiger partial charge in [0.15, 0.2) is 11.0 Å². The molecule has 1 aromatic heterocycles. The first kappa shape index (κ1) is 26.6. The number of methoxy groups -OCH3 is 1. The van der Waals surface area contributed by atoms with Crippen LogP contribution in [0.5, 0.6) is 5.75 Å². The second-order valence-electron chi connectivity index (χ2n) is 8.82. The van der Waals surface area contributed by atoms with E-state index in [2.05, 4.69) is 31.9 Å². The molecule has 2 N–H and O–H groups in total. The van der Waals surface area contributed by atoms with E-state index in [1.54, 1.807) is 53.1 Å². The largest absolute Gasteiger partial charge is 0.497 e. The Balaban J connectivity index is 1.56. The SMILES string of the molecule is COc1cccc(N(CC(F)(F)Cn2c3ccc(Br)cc3c3cc(Br)ccc32)S(=O)c2ccc(N)cc2)c1. The Bertz CT molecular complexity index is 1600. The Morgan fingerprint density at radius 1 is 0.921 bits per heavy atom. The smallest absolute Gasteiger partial charge is 0.283 e. The molecule has 4 aromatic carbocycles. The zero-order valence-corrected chi connectivity index (χ0v) is 24.2. The number of fused-ring (bicyclic) bond motifs is 3. The van der Waals surface area contributed by atoms with Crippen molar-refractivity contribution in [1.82, 2.24) is 4.57 Å². The number of nitrogens with zero attached hydrogens (tertiary/aromatic N) is 2. The first-order valence-electron chi connectivity index (χ1n) is 11.6. The molecular weight excluding hydrogens is 640 g/mol. The molecule has 0 fully saturated rings. The maximum absolute atomic E-state index is 16.0. The van der Waals surface area contributed by atoms with Gasteiger partial charge in [0.05, 0.1) is 30.8 Å². The van der Waals surface area contributed by atoms with Crippen LogP contribution in [0, 0.1) is 0 Å². The highest BCUT2D eigenvalue weighted by molar-refractivity contribution is 9.10. The topological polar surface area (TPSA) is 60.5 Å². The van der Waals surface area contributed by atoms with Crippen LogP contribution in [0.4, 0.5) is 20.2 Å². The average Bonchev–Trinajstić information content (AvgIpc) is 3.18. The van der Waals surface area contributed by atoms with Gasteiger partial charge in [0.2, 0.25) is 0 Å². The molecule has 5 rings (SSSR count). The molecule has 1 atom stereocenters. The van der Waals surface area contributed by atoms with Gasteiger partial charge in [0.1, 0.15) is 5.75 Å². The van der Waals surface area contributed by atoms with Gasteiger partial charge >= 0.3 is 0 Å². The molecule has 0 saturated heterocycles. The molecule has 1 heterocycles. The molecular formula is C28H23Br2F2N3O2S. The molecule has 10 heteroatoms. The molecule has 1 unspecified atom stereocenters. The van der Waals surface area contributed by atoms with Gasteiger partial charge < -0.3 is 15.0 Å². The van der Waals surface area contributed by atoms with Crippen molar-refractivity contribution in [3.8, 4) is 5.75 Å². The van der Waals surface area contributed by atoms with E-state index in [0.29, 0.717) is 33.1 Å². The number of hydrogen-bond donors (Lipinski definition) is 1. The molecule has 0 radical (unpaired) electrons. The van der Waals surface area contributed by atoms with Crippen molar-refractivity contribution in [1.29, 1.82) is 0 Å². The van der Waals surface area contributed by atoms with E-state index < -0.39 is 30.0 Å². The summed E-state index contributed by atoms with van der Waals surface area (Å²) in [7, 11) is -0.431. The summed E-state index contributed by atoms with van der Waals surface area (Å²) in [5, 5.41) is 1.73. The van der Waals surface area contributed by atoms with Gasteiger partial charge in [-0.3, -0.25) is 4.31 Å². The van der Waals surface area contributed by atoms with Crippen LogP contribution in [-0.4, -0.2) is 28.4 Å². The van der Waals surface area contributed by atoms with Gasteiger partial charge in [0.25, 0.3) is 5.92 Å². The van der Waals surface area contributed by atoms with Crippen molar-refractivity contribution >= 4 is 76.0 Å². The van der Waals surface area contributed by atoms with Crippen LogP contribution in [0.25, 0.3) is 21.8 Å². The lowest BCUT2D eigenvalue weighted by atomic mass is 10.2. The van der Waals surface area contributed by atoms with Crippen LogP contribution in [0.3, 0.4) is 0 Å². The molecule has 196 valence electrons. The van der Waals surface area contributed by atoms with Crippen molar-refractivity contribution < 1.29 is 17.7 Å². The van der Waals surface area contributed by atoms with Gasteiger partial charge in [-0.05, 0) is 72.8 Å². The number of nitrogen functional groups attached to an aromatic ring is 1. The fourth-order valence-corrected chi connectivity index (χ4v) is 6.39. The maximum Gasteiger partial charge on any atom is 0.283 e. The summed E-state index contributed by atoms with van der Waals surface area (Å²) in [6.07, 6.45) is 0. The Kier molecular flexibility index (Phi) is 7.48. The van der Waals surface area contributed by atoms with Crippen molar-refractivity contribution in [3.63, 3.8) is 0 Å². The molecule has 38 heavy (non-hydrogen) atoms.